The molecule has 2 heterocycles. The molecule has 0 N–H and O–H groups in total. The number of nitrogens with zero attached hydrogens (tertiary/aromatic N) is 3. The lowest BCUT2D eigenvalue weighted by atomic mass is 10.4. The van der Waals surface area contributed by atoms with Gasteiger partial charge in [-0.15, -0.1) is 0 Å². The van der Waals surface area contributed by atoms with Crippen LogP contribution in [0.1, 0.15) is 5.69 Å². The molecule has 4 heteroatoms. The van der Waals surface area contributed by atoms with E-state index in [1.165, 1.54) is 0 Å². The zero-order valence-corrected chi connectivity index (χ0v) is 7.77. The van der Waals surface area contributed by atoms with Crippen molar-refractivity contribution in [3.8, 4) is 11.8 Å². The Morgan fingerprint density at radius 3 is 3.29 bits per heavy atom. The van der Waals surface area contributed by atoms with Gasteiger partial charge in [0.2, 0.25) is 0 Å². The van der Waals surface area contributed by atoms with E-state index in [1.807, 2.05) is 35.9 Å². The predicted molar refractivity (Wildman–Crippen MR) is 51.0 cm³/mol. The number of aromatic nitrogens is 2. The fourth-order valence-corrected chi connectivity index (χ4v) is 1.33. The maximum Gasteiger partial charge on any atom is 0.179 e. The summed E-state index contributed by atoms with van der Waals surface area (Å²) in [7, 11) is 0. The van der Waals surface area contributed by atoms with E-state index < -0.39 is 0 Å². The topological polar surface area (TPSA) is 50.3 Å². The second-order valence-corrected chi connectivity index (χ2v) is 2.93. The smallest absolute Gasteiger partial charge is 0.179 e. The Morgan fingerprint density at radius 2 is 2.50 bits per heavy atom. The summed E-state index contributed by atoms with van der Waals surface area (Å²) >= 11 is 0. The molecule has 2 aromatic rings. The number of rotatable bonds is 2. The standard InChI is InChI=1S/C10H9N3O/c1-8-7-13-5-2-3-9(10(13)12-8)14-6-4-11/h2-3,5,7H,6H2,1H3. The minimum absolute atomic E-state index is 0.0472. The summed E-state index contributed by atoms with van der Waals surface area (Å²) in [4.78, 5) is 4.29. The molecule has 0 aliphatic heterocycles. The van der Waals surface area contributed by atoms with Gasteiger partial charge in [0, 0.05) is 12.4 Å². The molecule has 0 aliphatic carbocycles. The molecule has 0 saturated carbocycles. The van der Waals surface area contributed by atoms with Crippen LogP contribution in [-0.2, 0) is 0 Å². The summed E-state index contributed by atoms with van der Waals surface area (Å²) in [5.74, 6) is 0.641. The maximum absolute atomic E-state index is 8.40. The van der Waals surface area contributed by atoms with Crippen LogP contribution in [-0.4, -0.2) is 16.0 Å². The number of imidazole rings is 1. The van der Waals surface area contributed by atoms with E-state index in [0.717, 1.165) is 11.3 Å². The van der Waals surface area contributed by atoms with E-state index in [2.05, 4.69) is 4.98 Å². The van der Waals surface area contributed by atoms with Crippen LogP contribution in [0, 0.1) is 18.3 Å². The molecular weight excluding hydrogens is 178 g/mol. The first-order valence-electron chi connectivity index (χ1n) is 4.25. The quantitative estimate of drug-likeness (QED) is 0.716. The molecule has 70 valence electrons. The van der Waals surface area contributed by atoms with Crippen molar-refractivity contribution in [2.24, 2.45) is 0 Å². The summed E-state index contributed by atoms with van der Waals surface area (Å²) in [5.41, 5.74) is 1.68. The van der Waals surface area contributed by atoms with Gasteiger partial charge in [0.05, 0.1) is 5.69 Å². The monoisotopic (exact) mass is 187 g/mol. The Balaban J connectivity index is 2.48. The van der Waals surface area contributed by atoms with Crippen molar-refractivity contribution < 1.29 is 4.74 Å². The predicted octanol–water partition coefficient (Wildman–Crippen LogP) is 1.55. The molecule has 0 aliphatic rings. The third-order valence-electron chi connectivity index (χ3n) is 1.86. The lowest BCUT2D eigenvalue weighted by Crippen LogP contribution is -1.96. The first kappa shape index (κ1) is 8.57. The fraction of sp³-hybridized carbons (Fsp3) is 0.200. The van der Waals surface area contributed by atoms with Crippen LogP contribution in [0.3, 0.4) is 0 Å². The zero-order chi connectivity index (χ0) is 9.97. The van der Waals surface area contributed by atoms with Crippen molar-refractivity contribution in [1.29, 1.82) is 5.26 Å². The fourth-order valence-electron chi connectivity index (χ4n) is 1.33. The lowest BCUT2D eigenvalue weighted by molar-refractivity contribution is 0.370. The molecule has 0 radical (unpaired) electrons. The summed E-state index contributed by atoms with van der Waals surface area (Å²) in [6, 6.07) is 5.60. The van der Waals surface area contributed by atoms with Crippen LogP contribution < -0.4 is 4.74 Å². The molecule has 0 fully saturated rings. The van der Waals surface area contributed by atoms with E-state index in [9.17, 15) is 0 Å². The number of nitriles is 1. The highest BCUT2D eigenvalue weighted by atomic mass is 16.5. The number of fused-ring (bicyclic) bond motifs is 1. The van der Waals surface area contributed by atoms with Crippen molar-refractivity contribution >= 4 is 5.65 Å². The zero-order valence-electron chi connectivity index (χ0n) is 7.77. The van der Waals surface area contributed by atoms with Gasteiger partial charge in [-0.25, -0.2) is 4.98 Å². The van der Waals surface area contributed by atoms with Crippen LogP contribution in [0.4, 0.5) is 0 Å². The van der Waals surface area contributed by atoms with Gasteiger partial charge in [-0.3, -0.25) is 0 Å². The average Bonchev–Trinajstić information content (AvgIpc) is 2.55. The highest BCUT2D eigenvalue weighted by Gasteiger charge is 2.04. The molecule has 0 spiro atoms. The number of hydrogen-bond donors (Lipinski definition) is 0. The van der Waals surface area contributed by atoms with Gasteiger partial charge in [0.15, 0.2) is 18.0 Å². The van der Waals surface area contributed by atoms with Gasteiger partial charge in [0.25, 0.3) is 0 Å². The van der Waals surface area contributed by atoms with Gasteiger partial charge in [0.1, 0.15) is 6.07 Å². The normalized spacial score (nSPS) is 10.0. The van der Waals surface area contributed by atoms with Gasteiger partial charge >= 0.3 is 0 Å². The first-order valence-corrected chi connectivity index (χ1v) is 4.25. The number of pyridine rings is 1. The van der Waals surface area contributed by atoms with E-state index in [4.69, 9.17) is 10.00 Å². The highest BCUT2D eigenvalue weighted by molar-refractivity contribution is 5.54. The summed E-state index contributed by atoms with van der Waals surface area (Å²) < 4.78 is 7.11. The molecular formula is C10H9N3O. The Kier molecular flexibility index (Phi) is 2.07. The molecule has 14 heavy (non-hydrogen) atoms. The molecule has 0 atom stereocenters. The van der Waals surface area contributed by atoms with Gasteiger partial charge in [-0.05, 0) is 19.1 Å². The van der Waals surface area contributed by atoms with E-state index in [-0.39, 0.29) is 6.61 Å². The van der Waals surface area contributed by atoms with Gasteiger partial charge in [-0.2, -0.15) is 5.26 Å². The van der Waals surface area contributed by atoms with E-state index >= 15 is 0 Å². The maximum atomic E-state index is 8.40. The molecule has 0 bridgehead atoms. The van der Waals surface area contributed by atoms with Crippen LogP contribution in [0.25, 0.3) is 5.65 Å². The van der Waals surface area contributed by atoms with Gasteiger partial charge < -0.3 is 9.14 Å². The first-order chi connectivity index (χ1) is 6.81. The van der Waals surface area contributed by atoms with Crippen LogP contribution >= 0.6 is 0 Å². The lowest BCUT2D eigenvalue weighted by Gasteiger charge is -2.01. The second-order valence-electron chi connectivity index (χ2n) is 2.93. The Hall–Kier alpha value is -2.02. The number of aryl methyl sites for hydroxylation is 1. The molecule has 0 saturated heterocycles. The highest BCUT2D eigenvalue weighted by Crippen LogP contribution is 2.18. The number of hydrogen-bond acceptors (Lipinski definition) is 3. The van der Waals surface area contributed by atoms with Crippen LogP contribution in [0.15, 0.2) is 24.5 Å². The van der Waals surface area contributed by atoms with Crippen molar-refractivity contribution in [2.75, 3.05) is 6.61 Å². The molecule has 2 aromatic heterocycles. The van der Waals surface area contributed by atoms with Crippen molar-refractivity contribution in [1.82, 2.24) is 9.38 Å². The van der Waals surface area contributed by atoms with Crippen molar-refractivity contribution in [3.05, 3.63) is 30.2 Å². The van der Waals surface area contributed by atoms with Crippen LogP contribution in [0.5, 0.6) is 5.75 Å². The molecule has 0 amide bonds. The summed E-state index contributed by atoms with van der Waals surface area (Å²) in [5, 5.41) is 8.40. The second kappa shape index (κ2) is 3.38. The Morgan fingerprint density at radius 1 is 1.64 bits per heavy atom. The number of ether oxygens (including phenoxy) is 1. The molecule has 0 aromatic carbocycles. The third kappa shape index (κ3) is 1.40. The van der Waals surface area contributed by atoms with Crippen molar-refractivity contribution in [2.45, 2.75) is 6.92 Å². The largest absolute Gasteiger partial charge is 0.475 e. The Labute approximate surface area is 81.4 Å². The van der Waals surface area contributed by atoms with Crippen molar-refractivity contribution in [3.63, 3.8) is 0 Å². The molecule has 2 rings (SSSR count). The summed E-state index contributed by atoms with van der Waals surface area (Å²) in [6.45, 7) is 1.96. The average molecular weight is 187 g/mol. The Bertz CT molecular complexity index is 496. The third-order valence-corrected chi connectivity index (χ3v) is 1.86. The van der Waals surface area contributed by atoms with E-state index in [1.54, 1.807) is 6.07 Å². The van der Waals surface area contributed by atoms with Gasteiger partial charge in [-0.1, -0.05) is 0 Å². The van der Waals surface area contributed by atoms with E-state index in [0.29, 0.717) is 5.75 Å². The molecule has 4 nitrogen and oxygen atoms in total. The molecule has 0 unspecified atom stereocenters. The SMILES string of the molecule is Cc1cn2cccc(OCC#N)c2n1. The minimum Gasteiger partial charge on any atom is -0.475 e. The minimum atomic E-state index is 0.0472. The van der Waals surface area contributed by atoms with Crippen LogP contribution in [0.2, 0.25) is 0 Å². The summed E-state index contributed by atoms with van der Waals surface area (Å²) in [6.07, 6.45) is 3.81.